The van der Waals surface area contributed by atoms with Gasteiger partial charge in [-0.1, -0.05) is 18.7 Å². The standard InChI is InChI=1S/C13H18N4O2S/c1-4-9(2)14-11(18)8-20-13-16-15-12(17(13)3)10-6-5-7-19-10/h5-7,9H,4,8H2,1-3H3,(H,14,18)/t9-/m1/s1. The molecule has 2 rings (SSSR count). The van der Waals surface area contributed by atoms with E-state index in [-0.39, 0.29) is 11.9 Å². The van der Waals surface area contributed by atoms with Gasteiger partial charge >= 0.3 is 0 Å². The van der Waals surface area contributed by atoms with E-state index in [4.69, 9.17) is 4.42 Å². The minimum absolute atomic E-state index is 0.00639. The summed E-state index contributed by atoms with van der Waals surface area (Å²) >= 11 is 1.36. The van der Waals surface area contributed by atoms with Crippen LogP contribution in [0.2, 0.25) is 0 Å². The molecule has 20 heavy (non-hydrogen) atoms. The maximum atomic E-state index is 11.7. The summed E-state index contributed by atoms with van der Waals surface area (Å²) in [4.78, 5) is 11.7. The SMILES string of the molecule is CC[C@@H](C)NC(=O)CSc1nnc(-c2ccco2)n1C. The van der Waals surface area contributed by atoms with E-state index in [1.165, 1.54) is 11.8 Å². The third-order valence-corrected chi connectivity index (χ3v) is 3.95. The second kappa shape index (κ2) is 6.60. The van der Waals surface area contributed by atoms with Crippen molar-refractivity contribution in [3.05, 3.63) is 18.4 Å². The van der Waals surface area contributed by atoms with Gasteiger partial charge in [0.15, 0.2) is 16.7 Å². The molecule has 2 heterocycles. The van der Waals surface area contributed by atoms with Crippen molar-refractivity contribution in [2.75, 3.05) is 5.75 Å². The molecule has 0 aliphatic heterocycles. The second-order valence-electron chi connectivity index (χ2n) is 4.51. The zero-order valence-corrected chi connectivity index (χ0v) is 12.6. The summed E-state index contributed by atoms with van der Waals surface area (Å²) in [7, 11) is 1.85. The average Bonchev–Trinajstić information content (AvgIpc) is 3.06. The first-order valence-corrected chi connectivity index (χ1v) is 7.45. The van der Waals surface area contributed by atoms with Crippen LogP contribution in [0.5, 0.6) is 0 Å². The molecular formula is C13H18N4O2S. The Morgan fingerprint density at radius 3 is 3.00 bits per heavy atom. The number of furan rings is 1. The van der Waals surface area contributed by atoms with Gasteiger partial charge in [-0.3, -0.25) is 4.79 Å². The first kappa shape index (κ1) is 14.6. The van der Waals surface area contributed by atoms with Gasteiger partial charge in [0.25, 0.3) is 0 Å². The Morgan fingerprint density at radius 2 is 2.35 bits per heavy atom. The van der Waals surface area contributed by atoms with E-state index in [2.05, 4.69) is 15.5 Å². The lowest BCUT2D eigenvalue weighted by Gasteiger charge is -2.10. The van der Waals surface area contributed by atoms with Gasteiger partial charge in [0.1, 0.15) is 0 Å². The molecule has 1 atom stereocenters. The van der Waals surface area contributed by atoms with Crippen molar-refractivity contribution in [1.82, 2.24) is 20.1 Å². The third-order valence-electron chi connectivity index (χ3n) is 2.93. The summed E-state index contributed by atoms with van der Waals surface area (Å²) in [6, 6.07) is 3.83. The number of nitrogens with one attached hydrogen (secondary N) is 1. The van der Waals surface area contributed by atoms with E-state index in [9.17, 15) is 4.79 Å². The third kappa shape index (κ3) is 3.41. The molecule has 0 aliphatic rings. The van der Waals surface area contributed by atoms with E-state index < -0.39 is 0 Å². The number of aromatic nitrogens is 3. The Kier molecular flexibility index (Phi) is 4.84. The molecule has 2 aromatic rings. The van der Waals surface area contributed by atoms with Gasteiger partial charge < -0.3 is 14.3 Å². The van der Waals surface area contributed by atoms with Crippen molar-refractivity contribution in [2.24, 2.45) is 7.05 Å². The molecule has 108 valence electrons. The minimum atomic E-state index is 0.00639. The summed E-state index contributed by atoms with van der Waals surface area (Å²) in [6.07, 6.45) is 2.51. The predicted molar refractivity (Wildman–Crippen MR) is 77.3 cm³/mol. The Hall–Kier alpha value is -1.76. The van der Waals surface area contributed by atoms with Gasteiger partial charge in [-0.15, -0.1) is 10.2 Å². The smallest absolute Gasteiger partial charge is 0.230 e. The maximum absolute atomic E-state index is 11.7. The molecule has 0 fully saturated rings. The van der Waals surface area contributed by atoms with Crippen molar-refractivity contribution in [2.45, 2.75) is 31.5 Å². The molecule has 7 heteroatoms. The van der Waals surface area contributed by atoms with Gasteiger partial charge in [-0.05, 0) is 25.5 Å². The number of carbonyl (C=O) groups is 1. The van der Waals surface area contributed by atoms with Gasteiger partial charge in [0.05, 0.1) is 12.0 Å². The molecule has 6 nitrogen and oxygen atoms in total. The van der Waals surface area contributed by atoms with Crippen molar-refractivity contribution >= 4 is 17.7 Å². The Labute approximate surface area is 121 Å². The van der Waals surface area contributed by atoms with Gasteiger partial charge in [-0.25, -0.2) is 0 Å². The van der Waals surface area contributed by atoms with Crippen LogP contribution in [0, 0.1) is 0 Å². The number of hydrogen-bond acceptors (Lipinski definition) is 5. The number of nitrogens with zero attached hydrogens (tertiary/aromatic N) is 3. The van der Waals surface area contributed by atoms with E-state index in [0.717, 1.165) is 6.42 Å². The normalized spacial score (nSPS) is 12.3. The van der Waals surface area contributed by atoms with Crippen LogP contribution in [0.3, 0.4) is 0 Å². The number of hydrogen-bond donors (Lipinski definition) is 1. The molecule has 0 unspecified atom stereocenters. The highest BCUT2D eigenvalue weighted by Crippen LogP contribution is 2.22. The topological polar surface area (TPSA) is 73.0 Å². The monoisotopic (exact) mass is 294 g/mol. The van der Waals surface area contributed by atoms with Gasteiger partial charge in [0.2, 0.25) is 5.91 Å². The van der Waals surface area contributed by atoms with E-state index in [1.54, 1.807) is 12.3 Å². The molecule has 2 aromatic heterocycles. The van der Waals surface area contributed by atoms with E-state index in [0.29, 0.717) is 22.5 Å². The number of carbonyl (C=O) groups excluding carboxylic acids is 1. The average molecular weight is 294 g/mol. The van der Waals surface area contributed by atoms with Crippen LogP contribution in [0.1, 0.15) is 20.3 Å². The van der Waals surface area contributed by atoms with Crippen LogP contribution >= 0.6 is 11.8 Å². The lowest BCUT2D eigenvalue weighted by Crippen LogP contribution is -2.33. The fourth-order valence-electron chi connectivity index (χ4n) is 1.61. The van der Waals surface area contributed by atoms with Crippen molar-refractivity contribution < 1.29 is 9.21 Å². The van der Waals surface area contributed by atoms with Crippen molar-refractivity contribution in [3.63, 3.8) is 0 Å². The zero-order chi connectivity index (χ0) is 14.5. The van der Waals surface area contributed by atoms with Crippen LogP contribution in [-0.2, 0) is 11.8 Å². The molecule has 0 aromatic carbocycles. The molecule has 0 radical (unpaired) electrons. The van der Waals surface area contributed by atoms with Crippen LogP contribution in [0.25, 0.3) is 11.6 Å². The lowest BCUT2D eigenvalue weighted by atomic mass is 10.3. The molecule has 0 spiro atoms. The Balaban J connectivity index is 1.96. The minimum Gasteiger partial charge on any atom is -0.461 e. The molecule has 0 aliphatic carbocycles. The summed E-state index contributed by atoms with van der Waals surface area (Å²) < 4.78 is 7.11. The Bertz CT molecular complexity index is 565. The quantitative estimate of drug-likeness (QED) is 0.826. The summed E-state index contributed by atoms with van der Waals surface area (Å²) in [5.74, 6) is 1.65. The van der Waals surface area contributed by atoms with E-state index >= 15 is 0 Å². The lowest BCUT2D eigenvalue weighted by molar-refractivity contribution is -0.119. The molecule has 0 saturated carbocycles. The molecule has 1 amide bonds. The van der Waals surface area contributed by atoms with Crippen LogP contribution in [0.15, 0.2) is 28.0 Å². The van der Waals surface area contributed by atoms with Crippen LogP contribution in [-0.4, -0.2) is 32.5 Å². The summed E-state index contributed by atoms with van der Waals surface area (Å²) in [5, 5.41) is 11.8. The number of thioether (sulfide) groups is 1. The number of amides is 1. The van der Waals surface area contributed by atoms with Crippen LogP contribution < -0.4 is 5.32 Å². The molecule has 0 saturated heterocycles. The molecular weight excluding hydrogens is 276 g/mol. The molecule has 0 bridgehead atoms. The zero-order valence-electron chi connectivity index (χ0n) is 11.8. The fraction of sp³-hybridized carbons (Fsp3) is 0.462. The maximum Gasteiger partial charge on any atom is 0.230 e. The number of rotatable bonds is 6. The van der Waals surface area contributed by atoms with Crippen LogP contribution in [0.4, 0.5) is 0 Å². The van der Waals surface area contributed by atoms with Gasteiger partial charge in [0, 0.05) is 13.1 Å². The highest BCUT2D eigenvalue weighted by atomic mass is 32.2. The summed E-state index contributed by atoms with van der Waals surface area (Å²) in [5.41, 5.74) is 0. The highest BCUT2D eigenvalue weighted by Gasteiger charge is 2.14. The highest BCUT2D eigenvalue weighted by molar-refractivity contribution is 7.99. The summed E-state index contributed by atoms with van der Waals surface area (Å²) in [6.45, 7) is 4.02. The predicted octanol–water partition coefficient (Wildman–Crippen LogP) is 2.08. The first-order chi connectivity index (χ1) is 9.61. The first-order valence-electron chi connectivity index (χ1n) is 6.47. The fourth-order valence-corrected chi connectivity index (χ4v) is 2.33. The second-order valence-corrected chi connectivity index (χ2v) is 5.45. The van der Waals surface area contributed by atoms with Crippen molar-refractivity contribution in [3.8, 4) is 11.6 Å². The Morgan fingerprint density at radius 1 is 1.55 bits per heavy atom. The van der Waals surface area contributed by atoms with Crippen molar-refractivity contribution in [1.29, 1.82) is 0 Å². The largest absolute Gasteiger partial charge is 0.461 e. The van der Waals surface area contributed by atoms with Gasteiger partial charge in [-0.2, -0.15) is 0 Å². The molecule has 1 N–H and O–H groups in total. The van der Waals surface area contributed by atoms with E-state index in [1.807, 2.05) is 31.5 Å².